The maximum absolute atomic E-state index is 11.1. The molecule has 1 aliphatic rings. The van der Waals surface area contributed by atoms with Crippen LogP contribution in [0.2, 0.25) is 0 Å². The van der Waals surface area contributed by atoms with E-state index < -0.39 is 11.9 Å². The van der Waals surface area contributed by atoms with E-state index in [1.54, 1.807) is 14.0 Å². The molecule has 1 unspecified atom stereocenters. The number of carboxylic acid groups (broad SMARTS) is 1. The smallest absolute Gasteiger partial charge is 0.311 e. The van der Waals surface area contributed by atoms with Gasteiger partial charge < -0.3 is 9.84 Å². The van der Waals surface area contributed by atoms with Gasteiger partial charge in [0.2, 0.25) is 0 Å². The maximum atomic E-state index is 11.1. The number of carboxylic acids is 1. The largest absolute Gasteiger partial charge is 0.497 e. The summed E-state index contributed by atoms with van der Waals surface area (Å²) in [6.45, 7) is 1.70. The summed E-state index contributed by atoms with van der Waals surface area (Å²) in [6, 6.07) is 7.34. The fourth-order valence-corrected chi connectivity index (χ4v) is 1.85. The third-order valence-electron chi connectivity index (χ3n) is 3.14. The molecule has 0 aliphatic heterocycles. The van der Waals surface area contributed by atoms with Gasteiger partial charge in [0.25, 0.3) is 0 Å². The molecule has 18 heavy (non-hydrogen) atoms. The van der Waals surface area contributed by atoms with Crippen molar-refractivity contribution in [3.8, 4) is 5.75 Å². The van der Waals surface area contributed by atoms with Gasteiger partial charge in [-0.25, -0.2) is 0 Å². The highest BCUT2D eigenvalue weighted by molar-refractivity contribution is 6.04. The molecule has 0 saturated heterocycles. The molecule has 2 rings (SSSR count). The number of hydrogen-bond donors (Lipinski definition) is 1. The minimum atomic E-state index is -0.811. The quantitative estimate of drug-likeness (QED) is 0.814. The van der Waals surface area contributed by atoms with Crippen LogP contribution in [0.25, 0.3) is 0 Å². The first-order chi connectivity index (χ1) is 8.61. The predicted octanol–water partition coefficient (Wildman–Crippen LogP) is 2.90. The Kier molecular flexibility index (Phi) is 3.65. The van der Waals surface area contributed by atoms with Gasteiger partial charge in [-0.05, 0) is 49.9 Å². The fraction of sp³-hybridized carbons (Fsp3) is 0.429. The van der Waals surface area contributed by atoms with Gasteiger partial charge in [0.15, 0.2) is 0 Å². The Morgan fingerprint density at radius 2 is 2.00 bits per heavy atom. The molecule has 1 saturated carbocycles. The lowest BCUT2D eigenvalue weighted by atomic mass is 10.0. The molecule has 0 bridgehead atoms. The van der Waals surface area contributed by atoms with Gasteiger partial charge >= 0.3 is 5.97 Å². The first-order valence-electron chi connectivity index (χ1n) is 6.07. The van der Waals surface area contributed by atoms with Crippen molar-refractivity contribution in [2.45, 2.75) is 19.8 Å². The average Bonchev–Trinajstić information content (AvgIpc) is 3.20. The number of aliphatic imine (C=N–C) groups is 1. The first kappa shape index (κ1) is 12.6. The highest BCUT2D eigenvalue weighted by Crippen LogP contribution is 2.35. The van der Waals surface area contributed by atoms with Crippen molar-refractivity contribution in [1.82, 2.24) is 0 Å². The van der Waals surface area contributed by atoms with Crippen molar-refractivity contribution < 1.29 is 14.6 Å². The summed E-state index contributed by atoms with van der Waals surface area (Å²) in [7, 11) is 1.61. The molecule has 4 heteroatoms. The molecule has 4 nitrogen and oxygen atoms in total. The van der Waals surface area contributed by atoms with Gasteiger partial charge in [-0.2, -0.15) is 0 Å². The summed E-state index contributed by atoms with van der Waals surface area (Å²) in [5.41, 5.74) is 1.57. The Bertz CT molecular complexity index is 460. The van der Waals surface area contributed by atoms with Gasteiger partial charge in [-0.3, -0.25) is 9.79 Å². The number of carbonyl (C=O) groups is 1. The van der Waals surface area contributed by atoms with Crippen LogP contribution in [-0.4, -0.2) is 23.9 Å². The van der Waals surface area contributed by atoms with E-state index in [4.69, 9.17) is 9.84 Å². The molecular formula is C14H17NO3. The molecule has 96 valence electrons. The number of rotatable bonds is 5. The highest BCUT2D eigenvalue weighted by atomic mass is 16.5. The Morgan fingerprint density at radius 1 is 1.39 bits per heavy atom. The lowest BCUT2D eigenvalue weighted by molar-refractivity contribution is -0.138. The Hall–Kier alpha value is -1.84. The third kappa shape index (κ3) is 2.88. The normalized spacial score (nSPS) is 17.3. The summed E-state index contributed by atoms with van der Waals surface area (Å²) in [5, 5.41) is 9.09. The summed E-state index contributed by atoms with van der Waals surface area (Å²) >= 11 is 0. The van der Waals surface area contributed by atoms with Crippen LogP contribution >= 0.6 is 0 Å². The molecule has 0 heterocycles. The van der Waals surface area contributed by atoms with Gasteiger partial charge in [-0.15, -0.1) is 0 Å². The standard InChI is InChI=1S/C14H17NO3/c1-9(14(16)17)13(10-3-4-10)15-11-5-7-12(18-2)8-6-11/h5-10H,3-4H2,1-2H3,(H,16,17). The van der Waals surface area contributed by atoms with Crippen LogP contribution in [0.5, 0.6) is 5.75 Å². The molecule has 0 radical (unpaired) electrons. The van der Waals surface area contributed by atoms with Crippen LogP contribution < -0.4 is 4.74 Å². The van der Waals surface area contributed by atoms with E-state index in [0.717, 1.165) is 30.0 Å². The third-order valence-corrected chi connectivity index (χ3v) is 3.14. The van der Waals surface area contributed by atoms with Crippen LogP contribution in [0.4, 0.5) is 5.69 Å². The van der Waals surface area contributed by atoms with Crippen molar-refractivity contribution in [2.75, 3.05) is 7.11 Å². The Labute approximate surface area is 106 Å². The molecule has 1 aliphatic carbocycles. The van der Waals surface area contributed by atoms with Crippen LogP contribution in [0.1, 0.15) is 19.8 Å². The number of methoxy groups -OCH3 is 1. The van der Waals surface area contributed by atoms with Crippen molar-refractivity contribution in [2.24, 2.45) is 16.8 Å². The van der Waals surface area contributed by atoms with Gasteiger partial charge in [-0.1, -0.05) is 0 Å². The number of benzene rings is 1. The zero-order valence-electron chi connectivity index (χ0n) is 10.6. The van der Waals surface area contributed by atoms with Crippen molar-refractivity contribution in [3.63, 3.8) is 0 Å². The molecule has 0 spiro atoms. The SMILES string of the molecule is COc1ccc(N=C(C2CC2)C(C)C(=O)O)cc1. The minimum absolute atomic E-state index is 0.346. The summed E-state index contributed by atoms with van der Waals surface area (Å²) in [4.78, 5) is 15.6. The summed E-state index contributed by atoms with van der Waals surface area (Å²) < 4.78 is 5.08. The molecule has 0 aromatic heterocycles. The van der Waals surface area contributed by atoms with Crippen molar-refractivity contribution in [3.05, 3.63) is 24.3 Å². The van der Waals surface area contributed by atoms with Crippen LogP contribution in [0, 0.1) is 11.8 Å². The monoisotopic (exact) mass is 247 g/mol. The van der Waals surface area contributed by atoms with E-state index in [9.17, 15) is 4.79 Å². The second-order valence-electron chi connectivity index (χ2n) is 4.57. The number of aliphatic carboxylic acids is 1. The zero-order valence-corrected chi connectivity index (χ0v) is 10.6. The van der Waals surface area contributed by atoms with Crippen molar-refractivity contribution >= 4 is 17.4 Å². The molecular weight excluding hydrogens is 230 g/mol. The molecule has 1 fully saturated rings. The van der Waals surface area contributed by atoms with Gasteiger partial charge in [0.1, 0.15) is 5.75 Å². The van der Waals surface area contributed by atoms with E-state index >= 15 is 0 Å². The van der Waals surface area contributed by atoms with E-state index in [0.29, 0.717) is 5.92 Å². The van der Waals surface area contributed by atoms with E-state index in [1.807, 2.05) is 24.3 Å². The van der Waals surface area contributed by atoms with E-state index in [1.165, 1.54) is 0 Å². The van der Waals surface area contributed by atoms with E-state index in [2.05, 4.69) is 4.99 Å². The van der Waals surface area contributed by atoms with Crippen LogP contribution in [-0.2, 0) is 4.79 Å². The summed E-state index contributed by atoms with van der Waals surface area (Å²) in [5.74, 6) is -0.208. The fourth-order valence-electron chi connectivity index (χ4n) is 1.85. The highest BCUT2D eigenvalue weighted by Gasteiger charge is 2.33. The van der Waals surface area contributed by atoms with E-state index in [-0.39, 0.29) is 0 Å². The molecule has 1 aromatic rings. The number of nitrogens with zero attached hydrogens (tertiary/aromatic N) is 1. The van der Waals surface area contributed by atoms with Gasteiger partial charge in [0, 0.05) is 5.71 Å². The predicted molar refractivity (Wildman–Crippen MR) is 69.6 cm³/mol. The molecule has 1 atom stereocenters. The Morgan fingerprint density at radius 3 is 2.44 bits per heavy atom. The number of hydrogen-bond acceptors (Lipinski definition) is 3. The number of ether oxygens (including phenoxy) is 1. The Balaban J connectivity index is 2.23. The van der Waals surface area contributed by atoms with Crippen LogP contribution in [0.3, 0.4) is 0 Å². The summed E-state index contributed by atoms with van der Waals surface area (Å²) in [6.07, 6.45) is 2.10. The average molecular weight is 247 g/mol. The lowest BCUT2D eigenvalue weighted by Crippen LogP contribution is -2.22. The topological polar surface area (TPSA) is 58.9 Å². The second kappa shape index (κ2) is 5.21. The molecule has 1 N–H and O–H groups in total. The molecule has 0 amide bonds. The molecule has 1 aromatic carbocycles. The van der Waals surface area contributed by atoms with Crippen molar-refractivity contribution in [1.29, 1.82) is 0 Å². The van der Waals surface area contributed by atoms with Crippen LogP contribution in [0.15, 0.2) is 29.3 Å². The first-order valence-corrected chi connectivity index (χ1v) is 6.07. The van der Waals surface area contributed by atoms with Gasteiger partial charge in [0.05, 0.1) is 18.7 Å². The minimum Gasteiger partial charge on any atom is -0.497 e. The zero-order chi connectivity index (χ0) is 13.1. The maximum Gasteiger partial charge on any atom is 0.311 e. The second-order valence-corrected chi connectivity index (χ2v) is 4.57. The lowest BCUT2D eigenvalue weighted by Gasteiger charge is -2.10.